The maximum atomic E-state index is 9.74. The SMILES string of the molecule is CCc1c(COCc2ccccc2)cnc(C)c1OC[C@@H](O)CC. The lowest BCUT2D eigenvalue weighted by atomic mass is 10.1. The lowest BCUT2D eigenvalue weighted by Crippen LogP contribution is -2.18. The van der Waals surface area contributed by atoms with Gasteiger partial charge in [0.05, 0.1) is 25.0 Å². The average Bonchev–Trinajstić information content (AvgIpc) is 2.62. The number of aromatic nitrogens is 1. The second-order valence-corrected chi connectivity index (χ2v) is 5.88. The first-order chi connectivity index (χ1) is 11.7. The van der Waals surface area contributed by atoms with Crippen LogP contribution >= 0.6 is 0 Å². The molecule has 0 bridgehead atoms. The topological polar surface area (TPSA) is 51.6 Å². The van der Waals surface area contributed by atoms with E-state index < -0.39 is 6.10 Å². The molecule has 1 heterocycles. The van der Waals surface area contributed by atoms with E-state index >= 15 is 0 Å². The van der Waals surface area contributed by atoms with Gasteiger partial charge in [0, 0.05) is 17.3 Å². The highest BCUT2D eigenvalue weighted by Gasteiger charge is 2.14. The van der Waals surface area contributed by atoms with Crippen LogP contribution in [-0.2, 0) is 24.4 Å². The molecule has 1 aromatic carbocycles. The van der Waals surface area contributed by atoms with Crippen molar-refractivity contribution in [2.24, 2.45) is 0 Å². The summed E-state index contributed by atoms with van der Waals surface area (Å²) in [6.45, 7) is 7.33. The zero-order valence-corrected chi connectivity index (χ0v) is 14.8. The third-order valence-electron chi connectivity index (χ3n) is 4.02. The Morgan fingerprint density at radius 2 is 1.88 bits per heavy atom. The molecule has 0 spiro atoms. The Kier molecular flexibility index (Phi) is 7.22. The van der Waals surface area contributed by atoms with E-state index in [1.54, 1.807) is 0 Å². The molecule has 0 saturated heterocycles. The monoisotopic (exact) mass is 329 g/mol. The second-order valence-electron chi connectivity index (χ2n) is 5.88. The van der Waals surface area contributed by atoms with Gasteiger partial charge in [0.1, 0.15) is 12.4 Å². The smallest absolute Gasteiger partial charge is 0.144 e. The number of aliphatic hydroxyl groups is 1. The van der Waals surface area contributed by atoms with Gasteiger partial charge in [-0.1, -0.05) is 44.2 Å². The van der Waals surface area contributed by atoms with Gasteiger partial charge in [0.15, 0.2) is 0 Å². The molecule has 1 aromatic heterocycles. The Morgan fingerprint density at radius 1 is 1.12 bits per heavy atom. The Labute approximate surface area is 144 Å². The molecule has 0 saturated carbocycles. The summed E-state index contributed by atoms with van der Waals surface area (Å²) in [6.07, 6.45) is 2.92. The molecule has 2 rings (SSSR count). The first-order valence-corrected chi connectivity index (χ1v) is 8.55. The zero-order valence-electron chi connectivity index (χ0n) is 14.8. The van der Waals surface area contributed by atoms with E-state index in [-0.39, 0.29) is 0 Å². The molecule has 0 aliphatic heterocycles. The molecule has 1 N–H and O–H groups in total. The fourth-order valence-corrected chi connectivity index (χ4v) is 2.53. The van der Waals surface area contributed by atoms with Gasteiger partial charge < -0.3 is 14.6 Å². The van der Waals surface area contributed by atoms with Crippen molar-refractivity contribution in [2.75, 3.05) is 6.61 Å². The molecule has 0 fully saturated rings. The van der Waals surface area contributed by atoms with Crippen LogP contribution in [0.3, 0.4) is 0 Å². The highest BCUT2D eigenvalue weighted by Crippen LogP contribution is 2.27. The normalized spacial score (nSPS) is 12.2. The molecule has 1 atom stereocenters. The number of pyridine rings is 1. The third-order valence-corrected chi connectivity index (χ3v) is 4.02. The van der Waals surface area contributed by atoms with Crippen LogP contribution in [0.4, 0.5) is 0 Å². The largest absolute Gasteiger partial charge is 0.489 e. The van der Waals surface area contributed by atoms with E-state index in [2.05, 4.69) is 24.0 Å². The van der Waals surface area contributed by atoms with E-state index in [1.807, 2.05) is 38.2 Å². The number of rotatable bonds is 9. The molecule has 4 heteroatoms. The standard InChI is InChI=1S/C20H27NO3/c1-4-18(22)14-24-20-15(3)21-11-17(19(20)5-2)13-23-12-16-9-7-6-8-10-16/h6-11,18,22H,4-5,12-14H2,1-3H3/t18-/m0/s1. The highest BCUT2D eigenvalue weighted by atomic mass is 16.5. The van der Waals surface area contributed by atoms with Crippen LogP contribution in [0.2, 0.25) is 0 Å². The number of hydrogen-bond acceptors (Lipinski definition) is 4. The first-order valence-electron chi connectivity index (χ1n) is 8.55. The number of benzene rings is 1. The number of nitrogens with zero attached hydrogens (tertiary/aromatic N) is 1. The lowest BCUT2D eigenvalue weighted by Gasteiger charge is -2.18. The predicted octanol–water partition coefficient (Wildman–Crippen LogP) is 3.82. The van der Waals surface area contributed by atoms with Gasteiger partial charge in [-0.3, -0.25) is 4.98 Å². The van der Waals surface area contributed by atoms with Crippen molar-refractivity contribution in [3.8, 4) is 5.75 Å². The van der Waals surface area contributed by atoms with Crippen molar-refractivity contribution in [2.45, 2.75) is 52.9 Å². The summed E-state index contributed by atoms with van der Waals surface area (Å²) in [4.78, 5) is 4.43. The van der Waals surface area contributed by atoms with Crippen LogP contribution in [0, 0.1) is 6.92 Å². The highest BCUT2D eigenvalue weighted by molar-refractivity contribution is 5.41. The maximum Gasteiger partial charge on any atom is 0.144 e. The predicted molar refractivity (Wildman–Crippen MR) is 95.1 cm³/mol. The quantitative estimate of drug-likeness (QED) is 0.760. The number of ether oxygens (including phenoxy) is 2. The van der Waals surface area contributed by atoms with Crippen molar-refractivity contribution in [3.05, 3.63) is 58.9 Å². The Hall–Kier alpha value is -1.91. The van der Waals surface area contributed by atoms with Crippen LogP contribution < -0.4 is 4.74 Å². The molecule has 0 amide bonds. The fraction of sp³-hybridized carbons (Fsp3) is 0.450. The molecule has 2 aromatic rings. The van der Waals surface area contributed by atoms with Crippen molar-refractivity contribution < 1.29 is 14.6 Å². The molecule has 24 heavy (non-hydrogen) atoms. The van der Waals surface area contributed by atoms with Crippen molar-refractivity contribution in [1.82, 2.24) is 4.98 Å². The zero-order chi connectivity index (χ0) is 17.4. The van der Waals surface area contributed by atoms with Crippen molar-refractivity contribution >= 4 is 0 Å². The van der Waals surface area contributed by atoms with Crippen molar-refractivity contribution in [3.63, 3.8) is 0 Å². The Balaban J connectivity index is 2.06. The minimum atomic E-state index is -0.452. The van der Waals surface area contributed by atoms with Crippen LogP contribution in [0.15, 0.2) is 36.5 Å². The van der Waals surface area contributed by atoms with Crippen LogP contribution in [0.25, 0.3) is 0 Å². The number of aliphatic hydroxyl groups excluding tert-OH is 1. The van der Waals surface area contributed by atoms with Crippen LogP contribution in [0.1, 0.15) is 42.7 Å². The average molecular weight is 329 g/mol. The molecule has 0 aliphatic rings. The summed E-state index contributed by atoms with van der Waals surface area (Å²) in [6, 6.07) is 10.1. The lowest BCUT2D eigenvalue weighted by molar-refractivity contribution is 0.0998. The molecule has 130 valence electrons. The van der Waals surface area contributed by atoms with Gasteiger partial charge in [-0.25, -0.2) is 0 Å². The van der Waals surface area contributed by atoms with E-state index in [4.69, 9.17) is 9.47 Å². The van der Waals surface area contributed by atoms with E-state index in [1.165, 1.54) is 0 Å². The van der Waals surface area contributed by atoms with Gasteiger partial charge in [0.2, 0.25) is 0 Å². The summed E-state index contributed by atoms with van der Waals surface area (Å²) in [7, 11) is 0. The van der Waals surface area contributed by atoms with E-state index in [0.717, 1.165) is 34.6 Å². The molecule has 0 unspecified atom stereocenters. The number of aryl methyl sites for hydroxylation is 1. The van der Waals surface area contributed by atoms with E-state index in [0.29, 0.717) is 26.2 Å². The number of hydrogen-bond donors (Lipinski definition) is 1. The van der Waals surface area contributed by atoms with Crippen LogP contribution in [0.5, 0.6) is 5.75 Å². The summed E-state index contributed by atoms with van der Waals surface area (Å²) in [5.74, 6) is 0.783. The minimum Gasteiger partial charge on any atom is -0.489 e. The maximum absolute atomic E-state index is 9.74. The Morgan fingerprint density at radius 3 is 2.54 bits per heavy atom. The fourth-order valence-electron chi connectivity index (χ4n) is 2.53. The van der Waals surface area contributed by atoms with Crippen molar-refractivity contribution in [1.29, 1.82) is 0 Å². The van der Waals surface area contributed by atoms with Gasteiger partial charge in [-0.2, -0.15) is 0 Å². The summed E-state index contributed by atoms with van der Waals surface area (Å²) in [5, 5.41) is 9.74. The van der Waals surface area contributed by atoms with Gasteiger partial charge in [-0.15, -0.1) is 0 Å². The molecule has 4 nitrogen and oxygen atoms in total. The first kappa shape index (κ1) is 18.4. The third kappa shape index (κ3) is 5.05. The molecule has 0 aliphatic carbocycles. The second kappa shape index (κ2) is 9.40. The van der Waals surface area contributed by atoms with Gasteiger partial charge >= 0.3 is 0 Å². The van der Waals surface area contributed by atoms with Gasteiger partial charge in [0.25, 0.3) is 0 Å². The summed E-state index contributed by atoms with van der Waals surface area (Å²) >= 11 is 0. The molecular weight excluding hydrogens is 302 g/mol. The minimum absolute atomic E-state index is 0.292. The Bertz CT molecular complexity index is 628. The van der Waals surface area contributed by atoms with Gasteiger partial charge in [-0.05, 0) is 25.3 Å². The summed E-state index contributed by atoms with van der Waals surface area (Å²) < 4.78 is 11.7. The van der Waals surface area contributed by atoms with Crippen LogP contribution in [-0.4, -0.2) is 22.8 Å². The molecule has 0 radical (unpaired) electrons. The summed E-state index contributed by atoms with van der Waals surface area (Å²) in [5.41, 5.74) is 4.15. The van der Waals surface area contributed by atoms with E-state index in [9.17, 15) is 5.11 Å². The molecular formula is C20H27NO3.